The van der Waals surface area contributed by atoms with E-state index in [0.29, 0.717) is 0 Å². The molecule has 86 valence electrons. The molecule has 0 spiro atoms. The van der Waals surface area contributed by atoms with Crippen LogP contribution in [-0.4, -0.2) is 24.4 Å². The summed E-state index contributed by atoms with van der Waals surface area (Å²) in [6, 6.07) is 6.19. The zero-order valence-corrected chi connectivity index (χ0v) is 10.1. The van der Waals surface area contributed by atoms with Crippen molar-refractivity contribution >= 4 is 5.91 Å². The van der Waals surface area contributed by atoms with E-state index in [0.717, 1.165) is 18.5 Å². The zero-order valence-electron chi connectivity index (χ0n) is 10.1. The van der Waals surface area contributed by atoms with Gasteiger partial charge >= 0.3 is 0 Å². The van der Waals surface area contributed by atoms with Crippen molar-refractivity contribution in [2.75, 3.05) is 13.6 Å². The maximum Gasteiger partial charge on any atom is 0.253 e. The molecule has 0 fully saturated rings. The van der Waals surface area contributed by atoms with Gasteiger partial charge in [-0.2, -0.15) is 0 Å². The Hall–Kier alpha value is -1.31. The molecule has 1 aromatic rings. The molecule has 0 heterocycles. The van der Waals surface area contributed by atoms with Gasteiger partial charge < -0.3 is 4.90 Å². The number of hydrogen-bond acceptors (Lipinski definition) is 1. The topological polar surface area (TPSA) is 20.3 Å². The van der Waals surface area contributed by atoms with E-state index in [4.69, 9.17) is 0 Å². The molecule has 16 heavy (non-hydrogen) atoms. The predicted octanol–water partition coefficient (Wildman–Crippen LogP) is 2.66. The molecule has 0 saturated heterocycles. The molecule has 0 atom stereocenters. The van der Waals surface area contributed by atoms with E-state index >= 15 is 0 Å². The van der Waals surface area contributed by atoms with Crippen molar-refractivity contribution in [2.45, 2.75) is 32.6 Å². The molecule has 2 heteroatoms. The van der Waals surface area contributed by atoms with Crippen molar-refractivity contribution in [2.24, 2.45) is 0 Å². The Morgan fingerprint density at radius 1 is 1.25 bits per heavy atom. The first-order chi connectivity index (χ1) is 7.72. The van der Waals surface area contributed by atoms with Crippen LogP contribution in [0.5, 0.6) is 0 Å². The van der Waals surface area contributed by atoms with E-state index in [1.54, 1.807) is 4.90 Å². The SMILES string of the molecule is CCN(C)C(=O)c1ccc2c(c1)CCCC2. The lowest BCUT2D eigenvalue weighted by Crippen LogP contribution is -2.26. The van der Waals surface area contributed by atoms with Crippen LogP contribution in [0.25, 0.3) is 0 Å². The number of rotatable bonds is 2. The lowest BCUT2D eigenvalue weighted by atomic mass is 9.90. The molecule has 1 aliphatic rings. The second-order valence-electron chi connectivity index (χ2n) is 4.51. The third-order valence-corrected chi connectivity index (χ3v) is 3.42. The normalized spacial score (nSPS) is 14.4. The molecular weight excluding hydrogens is 198 g/mol. The van der Waals surface area contributed by atoms with Crippen molar-refractivity contribution in [3.05, 3.63) is 34.9 Å². The molecule has 1 aromatic carbocycles. The Kier molecular flexibility index (Phi) is 3.28. The van der Waals surface area contributed by atoms with Crippen molar-refractivity contribution in [3.63, 3.8) is 0 Å². The molecule has 2 nitrogen and oxygen atoms in total. The van der Waals surface area contributed by atoms with E-state index in [-0.39, 0.29) is 5.91 Å². The minimum atomic E-state index is 0.135. The molecule has 1 amide bonds. The molecule has 0 aliphatic heterocycles. The first kappa shape index (κ1) is 11.2. The van der Waals surface area contributed by atoms with Crippen LogP contribution in [0.3, 0.4) is 0 Å². The zero-order chi connectivity index (χ0) is 11.5. The van der Waals surface area contributed by atoms with E-state index in [1.807, 2.05) is 20.0 Å². The van der Waals surface area contributed by atoms with Gasteiger partial charge in [0.15, 0.2) is 0 Å². The molecule has 0 saturated carbocycles. The van der Waals surface area contributed by atoms with Gasteiger partial charge in [-0.1, -0.05) is 6.07 Å². The molecule has 0 aromatic heterocycles. The molecule has 1 aliphatic carbocycles. The summed E-state index contributed by atoms with van der Waals surface area (Å²) < 4.78 is 0. The molecule has 0 unspecified atom stereocenters. The standard InChI is InChI=1S/C14H19NO/c1-3-15(2)14(16)13-9-8-11-6-4-5-7-12(11)10-13/h8-10H,3-7H2,1-2H3. The fourth-order valence-corrected chi connectivity index (χ4v) is 2.23. The number of hydrogen-bond donors (Lipinski definition) is 0. The van der Waals surface area contributed by atoms with E-state index < -0.39 is 0 Å². The van der Waals surface area contributed by atoms with Gasteiger partial charge in [-0.3, -0.25) is 4.79 Å². The molecule has 0 N–H and O–H groups in total. The largest absolute Gasteiger partial charge is 0.342 e. The van der Waals surface area contributed by atoms with Crippen LogP contribution in [0, 0.1) is 0 Å². The Bertz CT molecular complexity index is 398. The quantitative estimate of drug-likeness (QED) is 0.745. The van der Waals surface area contributed by atoms with Gasteiger partial charge in [0.25, 0.3) is 5.91 Å². The minimum absolute atomic E-state index is 0.135. The highest BCUT2D eigenvalue weighted by Crippen LogP contribution is 2.22. The maximum absolute atomic E-state index is 12.0. The summed E-state index contributed by atoms with van der Waals surface area (Å²) >= 11 is 0. The fourth-order valence-electron chi connectivity index (χ4n) is 2.23. The summed E-state index contributed by atoms with van der Waals surface area (Å²) in [5.74, 6) is 0.135. The fraction of sp³-hybridized carbons (Fsp3) is 0.500. The lowest BCUT2D eigenvalue weighted by Gasteiger charge is -2.19. The smallest absolute Gasteiger partial charge is 0.253 e. The maximum atomic E-state index is 12.0. The average molecular weight is 217 g/mol. The van der Waals surface area contributed by atoms with Crippen LogP contribution < -0.4 is 0 Å². The highest BCUT2D eigenvalue weighted by atomic mass is 16.2. The van der Waals surface area contributed by atoms with Crippen molar-refractivity contribution in [1.29, 1.82) is 0 Å². The molecular formula is C14H19NO. The second kappa shape index (κ2) is 4.69. The highest BCUT2D eigenvalue weighted by molar-refractivity contribution is 5.94. The lowest BCUT2D eigenvalue weighted by molar-refractivity contribution is 0.0802. The van der Waals surface area contributed by atoms with Gasteiger partial charge in [-0.15, -0.1) is 0 Å². The van der Waals surface area contributed by atoms with E-state index in [9.17, 15) is 4.79 Å². The number of benzene rings is 1. The first-order valence-electron chi connectivity index (χ1n) is 6.09. The molecule has 0 bridgehead atoms. The number of carbonyl (C=O) groups excluding carboxylic acids is 1. The Morgan fingerprint density at radius 3 is 2.62 bits per heavy atom. The highest BCUT2D eigenvalue weighted by Gasteiger charge is 2.14. The van der Waals surface area contributed by atoms with Crippen LogP contribution in [0.4, 0.5) is 0 Å². The van der Waals surface area contributed by atoms with Gasteiger partial charge in [0.2, 0.25) is 0 Å². The van der Waals surface area contributed by atoms with Gasteiger partial charge in [0.1, 0.15) is 0 Å². The Morgan fingerprint density at radius 2 is 1.94 bits per heavy atom. The van der Waals surface area contributed by atoms with Gasteiger partial charge in [0, 0.05) is 19.2 Å². The van der Waals surface area contributed by atoms with E-state index in [2.05, 4.69) is 12.1 Å². The number of fused-ring (bicyclic) bond motifs is 1. The van der Waals surface area contributed by atoms with Crippen molar-refractivity contribution in [1.82, 2.24) is 4.90 Å². The molecule has 2 rings (SSSR count). The summed E-state index contributed by atoms with van der Waals surface area (Å²) in [6.45, 7) is 2.76. The number of carbonyl (C=O) groups is 1. The van der Waals surface area contributed by atoms with Crippen LogP contribution in [0.1, 0.15) is 41.3 Å². The summed E-state index contributed by atoms with van der Waals surface area (Å²) in [4.78, 5) is 13.7. The van der Waals surface area contributed by atoms with Crippen molar-refractivity contribution in [3.8, 4) is 0 Å². The summed E-state index contributed by atoms with van der Waals surface area (Å²) in [5.41, 5.74) is 3.65. The van der Waals surface area contributed by atoms with Crippen molar-refractivity contribution < 1.29 is 4.79 Å². The van der Waals surface area contributed by atoms with Crippen LogP contribution in [0.2, 0.25) is 0 Å². The van der Waals surface area contributed by atoms with Crippen LogP contribution in [-0.2, 0) is 12.8 Å². The summed E-state index contributed by atoms with van der Waals surface area (Å²) in [5, 5.41) is 0. The van der Waals surface area contributed by atoms with Gasteiger partial charge in [0.05, 0.1) is 0 Å². The van der Waals surface area contributed by atoms with Crippen LogP contribution >= 0.6 is 0 Å². The molecule has 0 radical (unpaired) electrons. The Labute approximate surface area is 97.3 Å². The predicted molar refractivity (Wildman–Crippen MR) is 65.7 cm³/mol. The van der Waals surface area contributed by atoms with Crippen LogP contribution in [0.15, 0.2) is 18.2 Å². The number of nitrogens with zero attached hydrogens (tertiary/aromatic N) is 1. The summed E-state index contributed by atoms with van der Waals surface area (Å²) in [7, 11) is 1.85. The second-order valence-corrected chi connectivity index (χ2v) is 4.51. The first-order valence-corrected chi connectivity index (χ1v) is 6.09. The number of aryl methyl sites for hydroxylation is 2. The average Bonchev–Trinajstić information content (AvgIpc) is 2.36. The van der Waals surface area contributed by atoms with Gasteiger partial charge in [-0.05, 0) is 55.9 Å². The third kappa shape index (κ3) is 2.11. The third-order valence-electron chi connectivity index (χ3n) is 3.42. The van der Waals surface area contributed by atoms with E-state index in [1.165, 1.54) is 30.4 Å². The monoisotopic (exact) mass is 217 g/mol. The summed E-state index contributed by atoms with van der Waals surface area (Å²) in [6.07, 6.45) is 4.85. The number of amides is 1. The minimum Gasteiger partial charge on any atom is -0.342 e. The van der Waals surface area contributed by atoms with Gasteiger partial charge in [-0.25, -0.2) is 0 Å². The Balaban J connectivity index is 2.26.